The summed E-state index contributed by atoms with van der Waals surface area (Å²) in [6, 6.07) is 13.5. The first-order valence-corrected chi connectivity index (χ1v) is 16.9. The van der Waals surface area contributed by atoms with Crippen molar-refractivity contribution in [2.24, 2.45) is 0 Å². The number of fused-ring (bicyclic) bond motifs is 6. The molecule has 0 spiro atoms. The van der Waals surface area contributed by atoms with Gasteiger partial charge in [0.25, 0.3) is 11.1 Å². The fourth-order valence-electron chi connectivity index (χ4n) is 5.44. The highest BCUT2D eigenvalue weighted by Crippen LogP contribution is 2.35. The number of ether oxygens (including phenoxy) is 2. The molecule has 6 heterocycles. The molecule has 6 aromatic heterocycles. The molecule has 256 valence electrons. The van der Waals surface area contributed by atoms with E-state index in [1.165, 1.54) is 63.7 Å². The number of rotatable bonds is 8. The summed E-state index contributed by atoms with van der Waals surface area (Å²) in [6.45, 7) is 4.35. The van der Waals surface area contributed by atoms with E-state index in [9.17, 15) is 14.0 Å². The molecule has 0 fully saturated rings. The van der Waals surface area contributed by atoms with Gasteiger partial charge in [-0.25, -0.2) is 29.3 Å². The van der Waals surface area contributed by atoms with Crippen molar-refractivity contribution in [3.8, 4) is 22.9 Å². The zero-order valence-corrected chi connectivity index (χ0v) is 29.0. The highest BCUT2D eigenvalue weighted by atomic mass is 32.1. The molecule has 0 aliphatic heterocycles. The van der Waals surface area contributed by atoms with Crippen molar-refractivity contribution in [3.05, 3.63) is 113 Å². The van der Waals surface area contributed by atoms with Crippen LogP contribution in [0.4, 0.5) is 15.9 Å². The lowest BCUT2D eigenvalue weighted by Gasteiger charge is -2.08. The number of hydrogen-bond acceptors (Lipinski definition) is 13. The molecule has 13 nitrogen and oxygen atoms in total. The summed E-state index contributed by atoms with van der Waals surface area (Å²) in [5, 5.41) is 7.80. The fraction of sp³-hybridized carbons (Fsp3) is 0.114. The van der Waals surface area contributed by atoms with Crippen LogP contribution in [0.3, 0.4) is 0 Å². The summed E-state index contributed by atoms with van der Waals surface area (Å²) in [6.07, 6.45) is 7.80. The molecular formula is C35H28FN9O4S2. The molecule has 2 N–H and O–H groups in total. The van der Waals surface area contributed by atoms with Crippen LogP contribution in [-0.2, 0) is 0 Å². The van der Waals surface area contributed by atoms with E-state index in [4.69, 9.17) is 9.47 Å². The topological polar surface area (TPSA) is 151 Å². The van der Waals surface area contributed by atoms with E-state index in [1.807, 2.05) is 30.3 Å². The van der Waals surface area contributed by atoms with Crippen LogP contribution in [-0.4, -0.2) is 61.9 Å². The quantitative estimate of drug-likeness (QED) is 0.173. The molecule has 0 atom stereocenters. The summed E-state index contributed by atoms with van der Waals surface area (Å²) in [4.78, 5) is 49.0. The Kier molecular flexibility index (Phi) is 9.08. The van der Waals surface area contributed by atoms with Gasteiger partial charge in [-0.3, -0.25) is 18.7 Å². The van der Waals surface area contributed by atoms with Crippen LogP contribution in [0.2, 0.25) is 0 Å². The molecule has 0 saturated carbocycles. The lowest BCUT2D eigenvalue weighted by Crippen LogP contribution is -2.18. The Morgan fingerprint density at radius 1 is 0.824 bits per heavy atom. The van der Waals surface area contributed by atoms with Crippen LogP contribution in [0.25, 0.3) is 52.2 Å². The van der Waals surface area contributed by atoms with Gasteiger partial charge in [-0.15, -0.1) is 29.3 Å². The highest BCUT2D eigenvalue weighted by Gasteiger charge is 2.19. The molecule has 8 aromatic rings. The van der Waals surface area contributed by atoms with Gasteiger partial charge in [-0.05, 0) is 42.5 Å². The van der Waals surface area contributed by atoms with Gasteiger partial charge in [0.2, 0.25) is 0 Å². The van der Waals surface area contributed by atoms with Crippen molar-refractivity contribution >= 4 is 75.0 Å². The van der Waals surface area contributed by atoms with Crippen molar-refractivity contribution in [2.45, 2.75) is 0 Å². The van der Waals surface area contributed by atoms with Crippen LogP contribution in [0.15, 0.2) is 96.0 Å². The summed E-state index contributed by atoms with van der Waals surface area (Å²) in [5.41, 5.74) is 2.44. The number of halogens is 1. The molecule has 2 aromatic carbocycles. The van der Waals surface area contributed by atoms with Crippen LogP contribution in [0.1, 0.15) is 0 Å². The minimum atomic E-state index is -0.570. The van der Waals surface area contributed by atoms with Gasteiger partial charge in [0.05, 0.1) is 41.9 Å². The number of methoxy groups -OCH3 is 2. The van der Waals surface area contributed by atoms with Crippen molar-refractivity contribution in [1.82, 2.24) is 34.1 Å². The molecule has 0 saturated heterocycles. The number of pyridine rings is 1. The van der Waals surface area contributed by atoms with Crippen LogP contribution in [0, 0.1) is 5.82 Å². The highest BCUT2D eigenvalue weighted by molar-refractivity contribution is 7.25. The third-order valence-electron chi connectivity index (χ3n) is 7.90. The predicted octanol–water partition coefficient (Wildman–Crippen LogP) is 6.18. The van der Waals surface area contributed by atoms with E-state index in [-0.39, 0.29) is 16.8 Å². The first kappa shape index (κ1) is 33.2. The summed E-state index contributed by atoms with van der Waals surface area (Å²) in [7, 11) is 4.79. The molecule has 0 unspecified atom stereocenters. The minimum Gasteiger partial charge on any atom is -0.497 e. The van der Waals surface area contributed by atoms with Gasteiger partial charge in [0.1, 0.15) is 60.9 Å². The standard InChI is InChI=1S/C19H16N4O2S.C16H12FN5O2S/c1-3-9-20-14-8-10-21-18-15(14)16-17(26-18)19(24)23(11-22-16)12-4-6-13(25-2)7-5-12;1-18-14-11-12-13(25-15(11)20-6-19-14)16(23)22(7-21-12)10-4-3-8(24-2)5-9(10)17/h3-8,10-11H,1,9H2,2H3,(H,20,21);3-7H,1-2H3,(H,18,19,20). The number of nitrogens with one attached hydrogen (secondary N) is 2. The van der Waals surface area contributed by atoms with Gasteiger partial charge in [0.15, 0.2) is 5.82 Å². The van der Waals surface area contributed by atoms with E-state index in [0.717, 1.165) is 27.3 Å². The Morgan fingerprint density at radius 2 is 1.47 bits per heavy atom. The normalized spacial score (nSPS) is 11.1. The summed E-state index contributed by atoms with van der Waals surface area (Å²) < 4.78 is 28.2. The van der Waals surface area contributed by atoms with Crippen molar-refractivity contribution < 1.29 is 13.9 Å². The molecule has 51 heavy (non-hydrogen) atoms. The van der Waals surface area contributed by atoms with Crippen LogP contribution in [0.5, 0.6) is 11.5 Å². The number of anilines is 2. The molecule has 8 rings (SSSR count). The lowest BCUT2D eigenvalue weighted by atomic mass is 10.2. The summed E-state index contributed by atoms with van der Waals surface area (Å²) in [5.74, 6) is 1.13. The molecular weight excluding hydrogens is 694 g/mol. The molecule has 0 aliphatic carbocycles. The number of hydrogen-bond donors (Lipinski definition) is 2. The number of benzene rings is 2. The number of aromatic nitrogens is 7. The van der Waals surface area contributed by atoms with Crippen molar-refractivity contribution in [2.75, 3.05) is 38.4 Å². The SMILES string of the molecule is C=CCNc1ccnc2sc3c(=O)n(-c4ccc(OC)cc4)cnc3c12.CNc1ncnc2sc3c(=O)n(-c4ccc(OC)cc4F)cnc3c12. The molecule has 16 heteroatoms. The Morgan fingerprint density at radius 3 is 2.14 bits per heavy atom. The average Bonchev–Trinajstić information content (AvgIpc) is 3.75. The third-order valence-corrected chi connectivity index (χ3v) is 10.0. The van der Waals surface area contributed by atoms with E-state index >= 15 is 0 Å². The van der Waals surface area contributed by atoms with Gasteiger partial charge in [-0.1, -0.05) is 6.08 Å². The maximum absolute atomic E-state index is 14.3. The number of nitrogens with zero attached hydrogens (tertiary/aromatic N) is 7. The largest absolute Gasteiger partial charge is 0.497 e. The van der Waals surface area contributed by atoms with Crippen LogP contribution < -0.4 is 31.2 Å². The number of thiophene rings is 2. The van der Waals surface area contributed by atoms with Crippen molar-refractivity contribution in [1.29, 1.82) is 0 Å². The average molecular weight is 722 g/mol. The molecule has 0 aliphatic rings. The second kappa shape index (κ2) is 13.9. The maximum Gasteiger partial charge on any atom is 0.276 e. The minimum absolute atomic E-state index is 0.109. The second-order valence-corrected chi connectivity index (χ2v) is 12.8. The molecule has 0 amide bonds. The van der Waals surface area contributed by atoms with E-state index in [1.54, 1.807) is 38.8 Å². The summed E-state index contributed by atoms with van der Waals surface area (Å²) >= 11 is 2.56. The van der Waals surface area contributed by atoms with E-state index in [0.29, 0.717) is 48.8 Å². The second-order valence-electron chi connectivity index (χ2n) is 10.8. The van der Waals surface area contributed by atoms with E-state index < -0.39 is 5.82 Å². The van der Waals surface area contributed by atoms with Gasteiger partial charge < -0.3 is 20.1 Å². The molecule has 0 radical (unpaired) electrons. The Bertz CT molecular complexity index is 2710. The third kappa shape index (κ3) is 6.00. The first-order valence-electron chi connectivity index (χ1n) is 15.3. The Hall–Kier alpha value is -6.26. The zero-order valence-electron chi connectivity index (χ0n) is 27.4. The monoisotopic (exact) mass is 721 g/mol. The Labute approximate surface area is 296 Å². The first-order chi connectivity index (χ1) is 24.9. The smallest absolute Gasteiger partial charge is 0.276 e. The molecule has 0 bridgehead atoms. The predicted molar refractivity (Wildman–Crippen MR) is 200 cm³/mol. The van der Waals surface area contributed by atoms with Crippen molar-refractivity contribution in [3.63, 3.8) is 0 Å². The Balaban J connectivity index is 0.000000159. The van der Waals surface area contributed by atoms with Gasteiger partial charge >= 0.3 is 0 Å². The lowest BCUT2D eigenvalue weighted by molar-refractivity contribution is 0.411. The van der Waals surface area contributed by atoms with Gasteiger partial charge in [-0.2, -0.15) is 0 Å². The maximum atomic E-state index is 14.3. The van der Waals surface area contributed by atoms with Crippen LogP contribution >= 0.6 is 22.7 Å². The van der Waals surface area contributed by atoms with Gasteiger partial charge in [0, 0.05) is 31.5 Å². The zero-order chi connectivity index (χ0) is 35.6. The van der Waals surface area contributed by atoms with E-state index in [2.05, 4.69) is 42.1 Å². The fourth-order valence-corrected chi connectivity index (χ4v) is 7.52.